The maximum Gasteiger partial charge on any atom is 0.324 e. The van der Waals surface area contributed by atoms with Gasteiger partial charge in [-0.1, -0.05) is 11.2 Å². The molecule has 1 N–H and O–H groups in total. The van der Waals surface area contributed by atoms with Gasteiger partial charge in [-0.2, -0.15) is 4.98 Å². The van der Waals surface area contributed by atoms with E-state index in [1.165, 1.54) is 11.3 Å². The number of aromatic nitrogens is 2. The molecule has 9 nitrogen and oxygen atoms in total. The zero-order chi connectivity index (χ0) is 16.9. The van der Waals surface area contributed by atoms with Crippen LogP contribution in [0.25, 0.3) is 10.7 Å². The third-order valence-electron chi connectivity index (χ3n) is 3.27. The molecule has 2 aromatic rings. The minimum Gasteiger partial charge on any atom is -0.456 e. The predicted molar refractivity (Wildman–Crippen MR) is 82.0 cm³/mol. The molecule has 3 amide bonds. The standard InChI is InChI=1S/C14H14N4O5S/c19-11(18-6-5-15-14(18)21)8-22-12(20)4-3-10-16-13(17-23-10)9-2-1-7-24-9/h1-2,7H,3-6,8H2,(H,15,21). The molecule has 0 aliphatic carbocycles. The van der Waals surface area contributed by atoms with Crippen LogP contribution in [0.1, 0.15) is 12.3 Å². The molecule has 1 aliphatic rings. The number of hydrogen-bond acceptors (Lipinski definition) is 8. The summed E-state index contributed by atoms with van der Waals surface area (Å²) in [5.41, 5.74) is 0. The topological polar surface area (TPSA) is 115 Å². The van der Waals surface area contributed by atoms with Crippen LogP contribution in [0.4, 0.5) is 4.79 Å². The average molecular weight is 350 g/mol. The van der Waals surface area contributed by atoms with Crippen molar-refractivity contribution < 1.29 is 23.6 Å². The van der Waals surface area contributed by atoms with Crippen molar-refractivity contribution in [3.8, 4) is 10.7 Å². The van der Waals surface area contributed by atoms with E-state index in [0.29, 0.717) is 18.3 Å². The molecular formula is C14H14N4O5S. The van der Waals surface area contributed by atoms with Gasteiger partial charge in [-0.3, -0.25) is 14.5 Å². The lowest BCUT2D eigenvalue weighted by Gasteiger charge is -2.11. The highest BCUT2D eigenvalue weighted by atomic mass is 32.1. The van der Waals surface area contributed by atoms with Crippen LogP contribution in [0, 0.1) is 0 Å². The lowest BCUT2D eigenvalue weighted by Crippen LogP contribution is -2.37. The van der Waals surface area contributed by atoms with Crippen molar-refractivity contribution in [3.63, 3.8) is 0 Å². The molecule has 3 heterocycles. The molecule has 2 aromatic heterocycles. The highest BCUT2D eigenvalue weighted by molar-refractivity contribution is 7.13. The predicted octanol–water partition coefficient (Wildman–Crippen LogP) is 0.826. The van der Waals surface area contributed by atoms with Crippen molar-refractivity contribution in [3.05, 3.63) is 23.4 Å². The minimum atomic E-state index is -0.571. The molecule has 0 spiro atoms. The number of amides is 3. The SMILES string of the molecule is O=C(CCc1nc(-c2cccs2)no1)OCC(=O)N1CCNC1=O. The highest BCUT2D eigenvalue weighted by Crippen LogP contribution is 2.21. The number of urea groups is 1. The number of hydrogen-bond donors (Lipinski definition) is 1. The lowest BCUT2D eigenvalue weighted by atomic mass is 10.3. The van der Waals surface area contributed by atoms with E-state index in [-0.39, 0.29) is 19.4 Å². The van der Waals surface area contributed by atoms with Crippen LogP contribution < -0.4 is 5.32 Å². The van der Waals surface area contributed by atoms with Crippen LogP contribution in [0.3, 0.4) is 0 Å². The molecule has 126 valence electrons. The van der Waals surface area contributed by atoms with E-state index in [2.05, 4.69) is 15.5 Å². The first kappa shape index (κ1) is 16.1. The maximum absolute atomic E-state index is 11.7. The summed E-state index contributed by atoms with van der Waals surface area (Å²) in [6.07, 6.45) is 0.223. The van der Waals surface area contributed by atoms with Crippen molar-refractivity contribution in [2.75, 3.05) is 19.7 Å². The lowest BCUT2D eigenvalue weighted by molar-refractivity contribution is -0.150. The van der Waals surface area contributed by atoms with Gasteiger partial charge in [0.25, 0.3) is 5.91 Å². The Morgan fingerprint density at radius 3 is 3.04 bits per heavy atom. The Labute approximate surface area is 140 Å². The first-order valence-electron chi connectivity index (χ1n) is 7.24. The zero-order valence-corrected chi connectivity index (χ0v) is 13.4. The van der Waals surface area contributed by atoms with Crippen molar-refractivity contribution >= 4 is 29.2 Å². The molecule has 10 heteroatoms. The first-order valence-corrected chi connectivity index (χ1v) is 8.12. The fraction of sp³-hybridized carbons (Fsp3) is 0.357. The normalized spacial score (nSPS) is 13.8. The van der Waals surface area contributed by atoms with Crippen LogP contribution in [-0.2, 0) is 20.7 Å². The number of aryl methyl sites for hydroxylation is 1. The molecule has 0 radical (unpaired) electrons. The van der Waals surface area contributed by atoms with Crippen molar-refractivity contribution in [2.45, 2.75) is 12.8 Å². The molecule has 3 rings (SSSR count). The van der Waals surface area contributed by atoms with Gasteiger partial charge in [-0.05, 0) is 11.4 Å². The second kappa shape index (κ2) is 7.21. The molecule has 0 atom stereocenters. The van der Waals surface area contributed by atoms with Crippen LogP contribution in [0.5, 0.6) is 0 Å². The van der Waals surface area contributed by atoms with E-state index in [1.807, 2.05) is 17.5 Å². The monoisotopic (exact) mass is 350 g/mol. The summed E-state index contributed by atoms with van der Waals surface area (Å²) in [7, 11) is 0. The summed E-state index contributed by atoms with van der Waals surface area (Å²) >= 11 is 1.49. The molecule has 0 unspecified atom stereocenters. The number of nitrogens with zero attached hydrogens (tertiary/aromatic N) is 3. The van der Waals surface area contributed by atoms with E-state index in [4.69, 9.17) is 9.26 Å². The number of ether oxygens (including phenoxy) is 1. The van der Waals surface area contributed by atoms with Gasteiger partial charge < -0.3 is 14.6 Å². The zero-order valence-electron chi connectivity index (χ0n) is 12.6. The van der Waals surface area contributed by atoms with Gasteiger partial charge in [0, 0.05) is 19.5 Å². The fourth-order valence-electron chi connectivity index (χ4n) is 2.07. The Kier molecular flexibility index (Phi) is 4.85. The minimum absolute atomic E-state index is 0.00551. The Balaban J connectivity index is 1.42. The van der Waals surface area contributed by atoms with Gasteiger partial charge in [-0.15, -0.1) is 11.3 Å². The third kappa shape index (κ3) is 3.77. The van der Waals surface area contributed by atoms with Crippen molar-refractivity contribution in [1.82, 2.24) is 20.4 Å². The smallest absolute Gasteiger partial charge is 0.324 e. The van der Waals surface area contributed by atoms with Gasteiger partial charge in [0.15, 0.2) is 6.61 Å². The average Bonchev–Trinajstić information content (AvgIpc) is 3.30. The number of carbonyl (C=O) groups is 3. The Bertz CT molecular complexity index is 742. The molecule has 1 fully saturated rings. The molecular weight excluding hydrogens is 336 g/mol. The summed E-state index contributed by atoms with van der Waals surface area (Å²) in [5, 5.41) is 8.24. The van der Waals surface area contributed by atoms with E-state index in [9.17, 15) is 14.4 Å². The van der Waals surface area contributed by atoms with Gasteiger partial charge in [-0.25, -0.2) is 4.79 Å². The second-order valence-corrected chi connectivity index (χ2v) is 5.87. The Hall–Kier alpha value is -2.75. The van der Waals surface area contributed by atoms with Gasteiger partial charge in [0.05, 0.1) is 11.3 Å². The number of thiophene rings is 1. The number of imide groups is 1. The highest BCUT2D eigenvalue weighted by Gasteiger charge is 2.26. The largest absolute Gasteiger partial charge is 0.456 e. The summed E-state index contributed by atoms with van der Waals surface area (Å²) in [6, 6.07) is 3.28. The maximum atomic E-state index is 11.7. The quantitative estimate of drug-likeness (QED) is 0.767. The Morgan fingerprint density at radius 1 is 1.46 bits per heavy atom. The van der Waals surface area contributed by atoms with E-state index >= 15 is 0 Å². The van der Waals surface area contributed by atoms with Gasteiger partial charge in [0.2, 0.25) is 11.7 Å². The van der Waals surface area contributed by atoms with Gasteiger partial charge in [0.1, 0.15) is 0 Å². The first-order chi connectivity index (χ1) is 11.6. The second-order valence-electron chi connectivity index (χ2n) is 4.93. The number of esters is 1. The number of nitrogens with one attached hydrogen (secondary N) is 1. The van der Waals surface area contributed by atoms with E-state index in [0.717, 1.165) is 9.78 Å². The number of rotatable bonds is 6. The van der Waals surface area contributed by atoms with Crippen molar-refractivity contribution in [1.29, 1.82) is 0 Å². The van der Waals surface area contributed by atoms with Crippen molar-refractivity contribution in [2.24, 2.45) is 0 Å². The molecule has 1 aliphatic heterocycles. The van der Waals surface area contributed by atoms with Crippen LogP contribution >= 0.6 is 11.3 Å². The van der Waals surface area contributed by atoms with Crippen LogP contribution in [0.15, 0.2) is 22.0 Å². The molecule has 0 bridgehead atoms. The summed E-state index contributed by atoms with van der Waals surface area (Å²) in [5.74, 6) is -0.320. The van der Waals surface area contributed by atoms with Crippen LogP contribution in [0.2, 0.25) is 0 Å². The molecule has 0 saturated carbocycles. The summed E-state index contributed by atoms with van der Waals surface area (Å²) in [6.45, 7) is 0.224. The summed E-state index contributed by atoms with van der Waals surface area (Å²) < 4.78 is 9.94. The molecule has 24 heavy (non-hydrogen) atoms. The number of carbonyl (C=O) groups excluding carboxylic acids is 3. The van der Waals surface area contributed by atoms with Crippen LogP contribution in [-0.4, -0.2) is 52.6 Å². The van der Waals surface area contributed by atoms with Gasteiger partial charge >= 0.3 is 12.0 Å². The fourth-order valence-corrected chi connectivity index (χ4v) is 2.72. The third-order valence-corrected chi connectivity index (χ3v) is 4.13. The summed E-state index contributed by atoms with van der Waals surface area (Å²) in [4.78, 5) is 40.8. The molecule has 1 saturated heterocycles. The molecule has 0 aromatic carbocycles. The Morgan fingerprint density at radius 2 is 2.33 bits per heavy atom. The van der Waals surface area contributed by atoms with E-state index < -0.39 is 24.5 Å². The van der Waals surface area contributed by atoms with E-state index in [1.54, 1.807) is 0 Å².